The van der Waals surface area contributed by atoms with E-state index < -0.39 is 16.9 Å². The highest BCUT2D eigenvalue weighted by Crippen LogP contribution is 2.38. The van der Waals surface area contributed by atoms with Crippen molar-refractivity contribution >= 4 is 34.8 Å². The van der Waals surface area contributed by atoms with Crippen molar-refractivity contribution in [1.29, 1.82) is 0 Å². The van der Waals surface area contributed by atoms with Crippen molar-refractivity contribution in [2.24, 2.45) is 4.99 Å². The van der Waals surface area contributed by atoms with Gasteiger partial charge in [0.25, 0.3) is 5.69 Å². The van der Waals surface area contributed by atoms with Crippen molar-refractivity contribution in [2.45, 2.75) is 26.5 Å². The minimum atomic E-state index is -1.15. The number of likely N-dealkylation sites (N-methyl/N-ethyl adjacent to an activating group) is 1. The van der Waals surface area contributed by atoms with Gasteiger partial charge in [-0.3, -0.25) is 10.1 Å². The Hall–Kier alpha value is -4.17. The lowest BCUT2D eigenvalue weighted by molar-refractivity contribution is -0.384. The molecule has 4 rings (SSSR count). The van der Waals surface area contributed by atoms with Gasteiger partial charge in [-0.25, -0.2) is 9.79 Å². The molecular weight excluding hydrogens is 482 g/mol. The van der Waals surface area contributed by atoms with Gasteiger partial charge in [0.1, 0.15) is 18.2 Å². The first-order valence-corrected chi connectivity index (χ1v) is 11.7. The average molecular weight is 506 g/mol. The number of nitro benzene ring substituents is 1. The maximum atomic E-state index is 12.5. The van der Waals surface area contributed by atoms with Crippen LogP contribution in [0.25, 0.3) is 5.70 Å². The second kappa shape index (κ2) is 10.6. The second-order valence-corrected chi connectivity index (χ2v) is 8.62. The molecule has 0 aromatic heterocycles. The Morgan fingerprint density at radius 3 is 2.44 bits per heavy atom. The van der Waals surface area contributed by atoms with E-state index in [0.717, 1.165) is 11.1 Å². The van der Waals surface area contributed by atoms with Crippen LogP contribution < -0.4 is 4.74 Å². The SMILES string of the molecule is CCN1C(c2ccccc2)=NC(c2cc([N+](=O)[O-])ccc2OCc2ccc(Cl)cc2)=C(C(=O)O)C1C. The fourth-order valence-corrected chi connectivity index (χ4v) is 4.30. The van der Waals surface area contributed by atoms with Crippen LogP contribution in [0.15, 0.2) is 83.4 Å². The van der Waals surface area contributed by atoms with Gasteiger partial charge in [-0.15, -0.1) is 0 Å². The van der Waals surface area contributed by atoms with Gasteiger partial charge in [0.15, 0.2) is 0 Å². The monoisotopic (exact) mass is 505 g/mol. The summed E-state index contributed by atoms with van der Waals surface area (Å²) < 4.78 is 6.03. The summed E-state index contributed by atoms with van der Waals surface area (Å²) >= 11 is 5.96. The molecule has 0 saturated heterocycles. The molecule has 8 nitrogen and oxygen atoms in total. The highest BCUT2D eigenvalue weighted by atomic mass is 35.5. The predicted octanol–water partition coefficient (Wildman–Crippen LogP) is 5.79. The zero-order valence-electron chi connectivity index (χ0n) is 19.7. The van der Waals surface area contributed by atoms with Gasteiger partial charge in [0.2, 0.25) is 0 Å². The van der Waals surface area contributed by atoms with Crippen molar-refractivity contribution in [3.63, 3.8) is 0 Å². The van der Waals surface area contributed by atoms with Gasteiger partial charge in [0.05, 0.1) is 22.2 Å². The Balaban J connectivity index is 1.88. The summed E-state index contributed by atoms with van der Waals surface area (Å²) in [7, 11) is 0. The number of carboxylic acid groups (broad SMARTS) is 1. The largest absolute Gasteiger partial charge is 0.488 e. The quantitative estimate of drug-likeness (QED) is 0.306. The Bertz CT molecular complexity index is 1350. The number of aliphatic imine (C=N–C) groups is 1. The number of carbonyl (C=O) groups is 1. The Morgan fingerprint density at radius 1 is 1.14 bits per heavy atom. The zero-order chi connectivity index (χ0) is 25.8. The molecule has 0 aliphatic carbocycles. The lowest BCUT2D eigenvalue weighted by atomic mass is 9.95. The normalized spacial score (nSPS) is 15.5. The van der Waals surface area contributed by atoms with Crippen LogP contribution in [0.5, 0.6) is 5.75 Å². The molecule has 0 fully saturated rings. The molecular formula is C27H24ClN3O5. The van der Waals surface area contributed by atoms with E-state index in [-0.39, 0.29) is 34.9 Å². The molecule has 0 bridgehead atoms. The van der Waals surface area contributed by atoms with Gasteiger partial charge >= 0.3 is 5.97 Å². The first-order chi connectivity index (χ1) is 17.3. The van der Waals surface area contributed by atoms with E-state index in [9.17, 15) is 20.0 Å². The van der Waals surface area contributed by atoms with Gasteiger partial charge in [-0.05, 0) is 37.6 Å². The molecule has 1 N–H and O–H groups in total. The van der Waals surface area contributed by atoms with Crippen molar-refractivity contribution in [1.82, 2.24) is 4.90 Å². The van der Waals surface area contributed by atoms with E-state index in [0.29, 0.717) is 17.4 Å². The van der Waals surface area contributed by atoms with Crippen LogP contribution in [0, 0.1) is 10.1 Å². The standard InChI is InChI=1S/C27H24ClN3O5/c1-3-30-17(2)24(27(32)33)25(29-26(30)19-7-5-4-6-8-19)22-15-21(31(34)35)13-14-23(22)36-16-18-9-11-20(28)12-10-18/h4-15,17H,3,16H2,1-2H3,(H,32,33). The van der Waals surface area contributed by atoms with Crippen LogP contribution in [-0.4, -0.2) is 39.3 Å². The van der Waals surface area contributed by atoms with Gasteiger partial charge in [-0.2, -0.15) is 0 Å². The molecule has 0 amide bonds. The third-order valence-electron chi connectivity index (χ3n) is 5.97. The van der Waals surface area contributed by atoms with Crippen molar-refractivity contribution in [3.05, 3.63) is 110 Å². The third kappa shape index (κ3) is 5.08. The molecule has 3 aromatic rings. The van der Waals surface area contributed by atoms with E-state index in [1.54, 1.807) is 19.1 Å². The predicted molar refractivity (Wildman–Crippen MR) is 138 cm³/mol. The minimum Gasteiger partial charge on any atom is -0.488 e. The number of halogens is 1. The minimum absolute atomic E-state index is 0.0355. The Kier molecular flexibility index (Phi) is 7.36. The van der Waals surface area contributed by atoms with Crippen LogP contribution >= 0.6 is 11.6 Å². The molecule has 1 atom stereocenters. The molecule has 36 heavy (non-hydrogen) atoms. The summed E-state index contributed by atoms with van der Waals surface area (Å²) in [6.45, 7) is 4.39. The summed E-state index contributed by atoms with van der Waals surface area (Å²) in [4.78, 5) is 30.2. The van der Waals surface area contributed by atoms with Gasteiger partial charge < -0.3 is 14.7 Å². The van der Waals surface area contributed by atoms with E-state index in [1.165, 1.54) is 18.2 Å². The number of aliphatic carboxylic acids is 1. The number of benzene rings is 3. The number of ether oxygens (including phenoxy) is 1. The molecule has 1 unspecified atom stereocenters. The van der Waals surface area contributed by atoms with E-state index in [2.05, 4.69) is 0 Å². The molecule has 184 valence electrons. The molecule has 0 radical (unpaired) electrons. The van der Waals surface area contributed by atoms with E-state index in [4.69, 9.17) is 21.3 Å². The molecule has 0 spiro atoms. The number of amidine groups is 1. The molecule has 9 heteroatoms. The number of nitro groups is 1. The fourth-order valence-electron chi connectivity index (χ4n) is 4.18. The van der Waals surface area contributed by atoms with Crippen LogP contribution in [0.2, 0.25) is 5.02 Å². The third-order valence-corrected chi connectivity index (χ3v) is 6.22. The van der Waals surface area contributed by atoms with Crippen LogP contribution in [0.3, 0.4) is 0 Å². The summed E-state index contributed by atoms with van der Waals surface area (Å²) in [6.07, 6.45) is 0. The molecule has 0 saturated carbocycles. The average Bonchev–Trinajstić information content (AvgIpc) is 2.88. The van der Waals surface area contributed by atoms with Crippen molar-refractivity contribution < 1.29 is 19.6 Å². The highest BCUT2D eigenvalue weighted by Gasteiger charge is 2.34. The van der Waals surface area contributed by atoms with E-state index >= 15 is 0 Å². The van der Waals surface area contributed by atoms with Crippen LogP contribution in [0.4, 0.5) is 5.69 Å². The summed E-state index contributed by atoms with van der Waals surface area (Å²) in [5.41, 5.74) is 1.86. The number of hydrogen-bond donors (Lipinski definition) is 1. The van der Waals surface area contributed by atoms with Gasteiger partial charge in [-0.1, -0.05) is 54.1 Å². The smallest absolute Gasteiger partial charge is 0.335 e. The number of non-ortho nitro benzene ring substituents is 1. The van der Waals surface area contributed by atoms with Crippen molar-refractivity contribution in [3.8, 4) is 5.75 Å². The topological polar surface area (TPSA) is 105 Å². The fraction of sp³-hybridized carbons (Fsp3) is 0.185. The maximum Gasteiger partial charge on any atom is 0.335 e. The second-order valence-electron chi connectivity index (χ2n) is 8.18. The van der Waals surface area contributed by atoms with Crippen molar-refractivity contribution in [2.75, 3.05) is 6.54 Å². The maximum absolute atomic E-state index is 12.5. The molecule has 1 aliphatic rings. The van der Waals surface area contributed by atoms with E-state index in [1.807, 2.05) is 54.3 Å². The lowest BCUT2D eigenvalue weighted by Gasteiger charge is -2.36. The number of rotatable bonds is 8. The molecule has 3 aromatic carbocycles. The van der Waals surface area contributed by atoms with Crippen LogP contribution in [-0.2, 0) is 11.4 Å². The van der Waals surface area contributed by atoms with Crippen LogP contribution in [0.1, 0.15) is 30.5 Å². The summed E-state index contributed by atoms with van der Waals surface area (Å²) in [5, 5.41) is 22.4. The first-order valence-electron chi connectivity index (χ1n) is 11.3. The molecule has 1 aliphatic heterocycles. The van der Waals surface area contributed by atoms with Gasteiger partial charge in [0, 0.05) is 34.8 Å². The Labute approximate surface area is 213 Å². The first kappa shape index (κ1) is 24.9. The Morgan fingerprint density at radius 2 is 1.83 bits per heavy atom. The molecule has 1 heterocycles. The number of nitrogens with zero attached hydrogens (tertiary/aromatic N) is 3. The number of carboxylic acids is 1. The zero-order valence-corrected chi connectivity index (χ0v) is 20.5. The summed E-state index contributed by atoms with van der Waals surface area (Å²) in [6, 6.07) is 20.1. The highest BCUT2D eigenvalue weighted by molar-refractivity contribution is 6.30. The summed E-state index contributed by atoms with van der Waals surface area (Å²) in [5.74, 6) is -0.277. The number of hydrogen-bond acceptors (Lipinski definition) is 6. The lowest BCUT2D eigenvalue weighted by Crippen LogP contribution is -2.44.